The van der Waals surface area contributed by atoms with Gasteiger partial charge in [-0.3, -0.25) is 4.90 Å². The number of nitrogens with zero attached hydrogens (tertiary/aromatic N) is 3. The van der Waals surface area contributed by atoms with Gasteiger partial charge in [0.25, 0.3) is 0 Å². The maximum absolute atomic E-state index is 12.6. The van der Waals surface area contributed by atoms with Gasteiger partial charge in [-0.25, -0.2) is 9.97 Å². The molecule has 0 radical (unpaired) electrons. The molecule has 0 saturated carbocycles. The quantitative estimate of drug-likeness (QED) is 0.843. The van der Waals surface area contributed by atoms with Crippen molar-refractivity contribution < 1.29 is 23.0 Å². The van der Waals surface area contributed by atoms with Crippen LogP contribution < -0.4 is 5.32 Å². The number of anilines is 1. The van der Waals surface area contributed by atoms with Crippen molar-refractivity contribution in [3.05, 3.63) is 18.0 Å². The Hall–Kier alpha value is -1.45. The molecule has 1 aromatic heterocycles. The number of hydrogen-bond acceptors (Lipinski definition) is 6. The summed E-state index contributed by atoms with van der Waals surface area (Å²) in [6.07, 6.45) is -3.48. The maximum Gasteiger partial charge on any atom is 0.433 e. The van der Waals surface area contributed by atoms with Crippen LogP contribution in [-0.4, -0.2) is 65.0 Å². The van der Waals surface area contributed by atoms with Crippen LogP contribution in [0.4, 0.5) is 19.1 Å². The van der Waals surface area contributed by atoms with Crippen LogP contribution in [-0.2, 0) is 10.9 Å². The third-order valence-electron chi connectivity index (χ3n) is 3.24. The van der Waals surface area contributed by atoms with Crippen molar-refractivity contribution in [1.82, 2.24) is 14.9 Å². The number of nitrogens with one attached hydrogen (secondary N) is 1. The first kappa shape index (κ1) is 16.9. The normalized spacial score (nSPS) is 19.7. The molecule has 6 nitrogen and oxygen atoms in total. The molecule has 9 heteroatoms. The van der Waals surface area contributed by atoms with Crippen molar-refractivity contribution in [2.75, 3.05) is 44.7 Å². The van der Waals surface area contributed by atoms with Crippen molar-refractivity contribution in [2.45, 2.75) is 18.7 Å². The molecule has 1 atom stereocenters. The van der Waals surface area contributed by atoms with E-state index in [1.165, 1.54) is 0 Å². The van der Waals surface area contributed by atoms with E-state index in [0.29, 0.717) is 19.8 Å². The Bertz CT molecular complexity index is 490. The minimum absolute atomic E-state index is 0.0473. The van der Waals surface area contributed by atoms with Crippen molar-refractivity contribution in [2.24, 2.45) is 0 Å². The first-order valence-corrected chi connectivity index (χ1v) is 6.93. The van der Waals surface area contributed by atoms with Crippen LogP contribution in [0.5, 0.6) is 0 Å². The summed E-state index contributed by atoms with van der Waals surface area (Å²) in [5.41, 5.74) is -2.13. The Morgan fingerprint density at radius 2 is 2.05 bits per heavy atom. The highest BCUT2D eigenvalue weighted by atomic mass is 19.4. The number of hydrogen-bond donors (Lipinski definition) is 2. The zero-order chi connectivity index (χ0) is 16.2. The van der Waals surface area contributed by atoms with E-state index < -0.39 is 17.5 Å². The van der Waals surface area contributed by atoms with Gasteiger partial charge >= 0.3 is 6.18 Å². The van der Waals surface area contributed by atoms with Crippen molar-refractivity contribution >= 4 is 5.95 Å². The number of aliphatic hydroxyl groups is 1. The number of halogens is 3. The van der Waals surface area contributed by atoms with E-state index >= 15 is 0 Å². The topological polar surface area (TPSA) is 70.5 Å². The van der Waals surface area contributed by atoms with Crippen LogP contribution in [0, 0.1) is 0 Å². The number of β-amino-alcohol motifs (C(OH)–C–C–N with tert-alkyl or cyclic N) is 1. The fourth-order valence-corrected chi connectivity index (χ4v) is 2.17. The van der Waals surface area contributed by atoms with Gasteiger partial charge in [0.15, 0.2) is 0 Å². The van der Waals surface area contributed by atoms with Gasteiger partial charge in [-0.05, 0) is 13.0 Å². The van der Waals surface area contributed by atoms with E-state index in [1.54, 1.807) is 6.92 Å². The van der Waals surface area contributed by atoms with Gasteiger partial charge < -0.3 is 15.2 Å². The van der Waals surface area contributed by atoms with Crippen LogP contribution in [0.15, 0.2) is 12.3 Å². The van der Waals surface area contributed by atoms with Crippen molar-refractivity contribution in [3.8, 4) is 0 Å². The van der Waals surface area contributed by atoms with Gasteiger partial charge in [-0.1, -0.05) is 0 Å². The average molecular weight is 320 g/mol. The molecule has 22 heavy (non-hydrogen) atoms. The van der Waals surface area contributed by atoms with Crippen molar-refractivity contribution in [1.29, 1.82) is 0 Å². The van der Waals surface area contributed by atoms with Crippen LogP contribution in [0.2, 0.25) is 0 Å². The molecule has 0 spiro atoms. The van der Waals surface area contributed by atoms with Gasteiger partial charge in [0.05, 0.1) is 18.8 Å². The molecule has 0 bridgehead atoms. The highest BCUT2D eigenvalue weighted by Gasteiger charge is 2.33. The lowest BCUT2D eigenvalue weighted by Crippen LogP contribution is -2.49. The summed E-state index contributed by atoms with van der Waals surface area (Å²) < 4.78 is 42.9. The third-order valence-corrected chi connectivity index (χ3v) is 3.24. The summed E-state index contributed by atoms with van der Waals surface area (Å²) in [6.45, 7) is 4.71. The lowest BCUT2D eigenvalue weighted by molar-refractivity contribution is -0.141. The predicted octanol–water partition coefficient (Wildman–Crippen LogP) is 0.990. The minimum atomic E-state index is -4.52. The average Bonchev–Trinajstić information content (AvgIpc) is 2.45. The van der Waals surface area contributed by atoms with E-state index in [9.17, 15) is 18.3 Å². The van der Waals surface area contributed by atoms with Crippen LogP contribution >= 0.6 is 0 Å². The van der Waals surface area contributed by atoms with Crippen LogP contribution in [0.25, 0.3) is 0 Å². The Labute approximate surface area is 126 Å². The third kappa shape index (κ3) is 5.08. The Morgan fingerprint density at radius 1 is 1.36 bits per heavy atom. The van der Waals surface area contributed by atoms with Gasteiger partial charge in [0.2, 0.25) is 5.95 Å². The number of morpholine rings is 1. The number of aromatic nitrogens is 2. The lowest BCUT2D eigenvalue weighted by Gasteiger charge is -2.33. The van der Waals surface area contributed by atoms with Gasteiger partial charge in [0.1, 0.15) is 5.69 Å². The summed E-state index contributed by atoms with van der Waals surface area (Å²) in [6, 6.07) is 0.803. The second-order valence-corrected chi connectivity index (χ2v) is 5.50. The SMILES string of the molecule is CC(O)(CNc1nccc(C(F)(F)F)n1)CN1CCOCC1. The lowest BCUT2D eigenvalue weighted by atomic mass is 10.1. The first-order chi connectivity index (χ1) is 10.3. The van der Waals surface area contributed by atoms with E-state index in [4.69, 9.17) is 4.74 Å². The molecule has 1 aromatic rings. The van der Waals surface area contributed by atoms with E-state index in [0.717, 1.165) is 25.4 Å². The highest BCUT2D eigenvalue weighted by molar-refractivity contribution is 5.26. The highest BCUT2D eigenvalue weighted by Crippen LogP contribution is 2.27. The largest absolute Gasteiger partial charge is 0.433 e. The fourth-order valence-electron chi connectivity index (χ4n) is 2.17. The molecule has 1 aliphatic heterocycles. The molecular formula is C13H19F3N4O2. The summed E-state index contributed by atoms with van der Waals surface area (Å²) in [4.78, 5) is 9.18. The Morgan fingerprint density at radius 3 is 2.68 bits per heavy atom. The zero-order valence-corrected chi connectivity index (χ0v) is 12.2. The van der Waals surface area contributed by atoms with Gasteiger partial charge in [0, 0.05) is 32.4 Å². The molecule has 2 N–H and O–H groups in total. The van der Waals surface area contributed by atoms with Crippen LogP contribution in [0.3, 0.4) is 0 Å². The smallest absolute Gasteiger partial charge is 0.387 e. The molecular weight excluding hydrogens is 301 g/mol. The monoisotopic (exact) mass is 320 g/mol. The molecule has 1 unspecified atom stereocenters. The molecule has 0 aromatic carbocycles. The maximum atomic E-state index is 12.6. The zero-order valence-electron chi connectivity index (χ0n) is 12.2. The molecule has 1 aliphatic rings. The molecule has 2 rings (SSSR count). The van der Waals surface area contributed by atoms with Gasteiger partial charge in [-0.2, -0.15) is 13.2 Å². The summed E-state index contributed by atoms with van der Waals surface area (Å²) >= 11 is 0. The van der Waals surface area contributed by atoms with E-state index in [-0.39, 0.29) is 12.5 Å². The Kier molecular flexibility index (Phi) is 5.20. The number of rotatable bonds is 5. The minimum Gasteiger partial charge on any atom is -0.387 e. The second-order valence-electron chi connectivity index (χ2n) is 5.50. The van der Waals surface area contributed by atoms with E-state index in [1.807, 2.05) is 4.90 Å². The Balaban J connectivity index is 1.90. The number of ether oxygens (including phenoxy) is 1. The van der Waals surface area contributed by atoms with E-state index in [2.05, 4.69) is 15.3 Å². The summed E-state index contributed by atoms with van der Waals surface area (Å²) in [7, 11) is 0. The molecule has 124 valence electrons. The molecule has 2 heterocycles. The number of alkyl halides is 3. The summed E-state index contributed by atoms with van der Waals surface area (Å²) in [5.74, 6) is -0.155. The second kappa shape index (κ2) is 6.76. The molecule has 1 saturated heterocycles. The van der Waals surface area contributed by atoms with Crippen molar-refractivity contribution in [3.63, 3.8) is 0 Å². The van der Waals surface area contributed by atoms with Gasteiger partial charge in [-0.15, -0.1) is 0 Å². The molecule has 1 fully saturated rings. The first-order valence-electron chi connectivity index (χ1n) is 6.93. The van der Waals surface area contributed by atoms with Crippen LogP contribution in [0.1, 0.15) is 12.6 Å². The summed E-state index contributed by atoms with van der Waals surface area (Å²) in [5, 5.41) is 13.0. The standard InChI is InChI=1S/C13H19F3N4O2/c1-12(21,9-20-4-6-22-7-5-20)8-18-11-17-3-2-10(19-11)13(14,15)16/h2-3,21H,4-9H2,1H3,(H,17,18,19). The molecule has 0 amide bonds. The molecule has 0 aliphatic carbocycles. The predicted molar refractivity (Wildman–Crippen MR) is 73.4 cm³/mol. The fraction of sp³-hybridized carbons (Fsp3) is 0.692.